The molecular formula is C27H42O5. The van der Waals surface area contributed by atoms with Crippen LogP contribution in [0.4, 0.5) is 0 Å². The fraction of sp³-hybridized carbons (Fsp3) is 0.889. The lowest BCUT2D eigenvalue weighted by Crippen LogP contribution is -2.59. The SMILES string of the molecule is COC(=O)CC[C@@H](C)C1CCC2C3CC[C@@H]4CC(=O)CCC4(C)C3CC(OC(C)=O)C21C. The third kappa shape index (κ3) is 3.81. The van der Waals surface area contributed by atoms with E-state index in [1.807, 2.05) is 0 Å². The number of hydrogen-bond acceptors (Lipinski definition) is 5. The minimum Gasteiger partial charge on any atom is -0.469 e. The summed E-state index contributed by atoms with van der Waals surface area (Å²) in [7, 11) is 1.45. The quantitative estimate of drug-likeness (QED) is 0.533. The number of carbonyl (C=O) groups excluding carboxylic acids is 3. The second-order valence-corrected chi connectivity index (χ2v) is 11.9. The predicted octanol–water partition coefficient (Wildman–Crippen LogP) is 5.35. The zero-order valence-electron chi connectivity index (χ0n) is 20.7. The van der Waals surface area contributed by atoms with Crippen LogP contribution in [0.3, 0.4) is 0 Å². The standard InChI is InChI=1S/C27H42O5/c1-16(6-11-25(30)31-5)21-9-10-22-20-8-7-18-14-19(29)12-13-26(18,3)23(20)15-24(27(21,22)4)32-17(2)28/h16,18,20-24H,6-15H2,1-5H3/t16-,18-,20?,21?,22?,23?,24?,26?,27?/m1/s1. The highest BCUT2D eigenvalue weighted by molar-refractivity contribution is 5.79. The fourth-order valence-corrected chi connectivity index (χ4v) is 8.97. The third-order valence-corrected chi connectivity index (χ3v) is 10.7. The van der Waals surface area contributed by atoms with E-state index < -0.39 is 0 Å². The van der Waals surface area contributed by atoms with Gasteiger partial charge in [0.15, 0.2) is 0 Å². The molecule has 0 bridgehead atoms. The molecule has 4 rings (SSSR count). The van der Waals surface area contributed by atoms with Crippen molar-refractivity contribution in [1.82, 2.24) is 0 Å². The van der Waals surface area contributed by atoms with Gasteiger partial charge >= 0.3 is 11.9 Å². The number of esters is 2. The maximum absolute atomic E-state index is 12.2. The highest BCUT2D eigenvalue weighted by atomic mass is 16.5. The molecule has 0 amide bonds. The Bertz CT molecular complexity index is 761. The summed E-state index contributed by atoms with van der Waals surface area (Å²) in [6.45, 7) is 8.62. The number of methoxy groups -OCH3 is 1. The molecule has 0 aromatic carbocycles. The molecule has 5 heteroatoms. The Morgan fingerprint density at radius 1 is 1.12 bits per heavy atom. The summed E-state index contributed by atoms with van der Waals surface area (Å²) in [6, 6.07) is 0. The molecule has 0 spiro atoms. The number of carbonyl (C=O) groups is 3. The Morgan fingerprint density at radius 3 is 2.56 bits per heavy atom. The highest BCUT2D eigenvalue weighted by Crippen LogP contribution is 2.68. The van der Waals surface area contributed by atoms with Crippen molar-refractivity contribution in [2.45, 2.75) is 98.0 Å². The molecular weight excluding hydrogens is 404 g/mol. The van der Waals surface area contributed by atoms with Crippen molar-refractivity contribution in [3.8, 4) is 0 Å². The van der Waals surface area contributed by atoms with Gasteiger partial charge in [0.25, 0.3) is 0 Å². The second kappa shape index (κ2) is 8.76. The van der Waals surface area contributed by atoms with E-state index in [0.29, 0.717) is 54.1 Å². The molecule has 5 nitrogen and oxygen atoms in total. The van der Waals surface area contributed by atoms with Crippen LogP contribution in [0.5, 0.6) is 0 Å². The number of Topliss-reactive ketones (excluding diaryl/α,β-unsaturated/α-hetero) is 1. The normalized spacial score (nSPS) is 44.1. The number of fused-ring (bicyclic) bond motifs is 5. The van der Waals surface area contributed by atoms with Crippen molar-refractivity contribution in [2.24, 2.45) is 46.3 Å². The van der Waals surface area contributed by atoms with Gasteiger partial charge in [0, 0.05) is 31.6 Å². The van der Waals surface area contributed by atoms with Crippen molar-refractivity contribution >= 4 is 17.7 Å². The van der Waals surface area contributed by atoms with Crippen molar-refractivity contribution < 1.29 is 23.9 Å². The molecule has 0 radical (unpaired) electrons. The molecule has 0 aliphatic heterocycles. The van der Waals surface area contributed by atoms with Gasteiger partial charge in [-0.1, -0.05) is 20.8 Å². The molecule has 4 fully saturated rings. The molecule has 4 saturated carbocycles. The van der Waals surface area contributed by atoms with E-state index >= 15 is 0 Å². The lowest BCUT2D eigenvalue weighted by Gasteiger charge is -2.62. The lowest BCUT2D eigenvalue weighted by molar-refractivity contribution is -0.193. The van der Waals surface area contributed by atoms with Gasteiger partial charge < -0.3 is 9.47 Å². The van der Waals surface area contributed by atoms with Crippen LogP contribution in [0.25, 0.3) is 0 Å². The maximum Gasteiger partial charge on any atom is 0.305 e. The van der Waals surface area contributed by atoms with Gasteiger partial charge in [-0.05, 0) is 85.9 Å². The summed E-state index contributed by atoms with van der Waals surface area (Å²) < 4.78 is 11.0. The van der Waals surface area contributed by atoms with Crippen molar-refractivity contribution in [3.63, 3.8) is 0 Å². The van der Waals surface area contributed by atoms with Gasteiger partial charge in [0.05, 0.1) is 7.11 Å². The Balaban J connectivity index is 1.62. The van der Waals surface area contributed by atoms with Crippen molar-refractivity contribution in [2.75, 3.05) is 7.11 Å². The van der Waals surface area contributed by atoms with E-state index in [4.69, 9.17) is 9.47 Å². The van der Waals surface area contributed by atoms with Gasteiger partial charge in [0.2, 0.25) is 0 Å². The molecule has 0 aromatic rings. The Labute approximate surface area is 193 Å². The molecule has 0 heterocycles. The van der Waals surface area contributed by atoms with Gasteiger partial charge in [-0.25, -0.2) is 0 Å². The monoisotopic (exact) mass is 446 g/mol. The molecule has 7 unspecified atom stereocenters. The minimum absolute atomic E-state index is 0.0456. The summed E-state index contributed by atoms with van der Waals surface area (Å²) in [5.41, 5.74) is 0.140. The van der Waals surface area contributed by atoms with Crippen LogP contribution in [0.1, 0.15) is 91.9 Å². The topological polar surface area (TPSA) is 69.7 Å². The van der Waals surface area contributed by atoms with Gasteiger partial charge in [0.1, 0.15) is 11.9 Å². The highest BCUT2D eigenvalue weighted by Gasteiger charge is 2.64. The zero-order valence-corrected chi connectivity index (χ0v) is 20.7. The number of ketones is 1. The summed E-state index contributed by atoms with van der Waals surface area (Å²) in [5, 5.41) is 0. The maximum atomic E-state index is 12.2. The van der Waals surface area contributed by atoms with Gasteiger partial charge in [-0.3, -0.25) is 14.4 Å². The fourth-order valence-electron chi connectivity index (χ4n) is 8.97. The molecule has 4 aliphatic carbocycles. The first-order valence-corrected chi connectivity index (χ1v) is 12.9. The van der Waals surface area contributed by atoms with Crippen LogP contribution in [0, 0.1) is 46.3 Å². The molecule has 9 atom stereocenters. The van der Waals surface area contributed by atoms with Crippen LogP contribution in [0.15, 0.2) is 0 Å². The van der Waals surface area contributed by atoms with Crippen LogP contribution < -0.4 is 0 Å². The van der Waals surface area contributed by atoms with Crippen molar-refractivity contribution in [1.29, 1.82) is 0 Å². The lowest BCUT2D eigenvalue weighted by atomic mass is 9.43. The summed E-state index contributed by atoms with van der Waals surface area (Å²) in [4.78, 5) is 36.2. The Hall–Kier alpha value is -1.39. The molecule has 0 saturated heterocycles. The summed E-state index contributed by atoms with van der Waals surface area (Å²) >= 11 is 0. The van der Waals surface area contributed by atoms with Crippen LogP contribution in [-0.4, -0.2) is 30.9 Å². The Kier molecular flexibility index (Phi) is 6.50. The molecule has 32 heavy (non-hydrogen) atoms. The number of hydrogen-bond donors (Lipinski definition) is 0. The largest absolute Gasteiger partial charge is 0.469 e. The average Bonchev–Trinajstić information content (AvgIpc) is 3.11. The smallest absolute Gasteiger partial charge is 0.305 e. The van der Waals surface area contributed by atoms with Crippen LogP contribution in [0.2, 0.25) is 0 Å². The molecule has 180 valence electrons. The number of ether oxygens (including phenoxy) is 2. The van der Waals surface area contributed by atoms with E-state index in [9.17, 15) is 14.4 Å². The van der Waals surface area contributed by atoms with E-state index in [1.165, 1.54) is 20.0 Å². The van der Waals surface area contributed by atoms with E-state index in [-0.39, 0.29) is 28.9 Å². The first-order valence-electron chi connectivity index (χ1n) is 12.9. The first kappa shape index (κ1) is 23.8. The summed E-state index contributed by atoms with van der Waals surface area (Å²) in [5.74, 6) is 3.16. The third-order valence-electron chi connectivity index (χ3n) is 10.7. The van der Waals surface area contributed by atoms with E-state index in [2.05, 4.69) is 20.8 Å². The van der Waals surface area contributed by atoms with E-state index in [0.717, 1.165) is 38.5 Å². The second-order valence-electron chi connectivity index (χ2n) is 11.9. The first-order chi connectivity index (χ1) is 15.1. The molecule has 0 aromatic heterocycles. The van der Waals surface area contributed by atoms with E-state index in [1.54, 1.807) is 6.92 Å². The number of rotatable bonds is 5. The minimum atomic E-state index is -0.183. The average molecular weight is 447 g/mol. The molecule has 0 N–H and O–H groups in total. The van der Waals surface area contributed by atoms with Crippen LogP contribution >= 0.6 is 0 Å². The van der Waals surface area contributed by atoms with Crippen molar-refractivity contribution in [3.05, 3.63) is 0 Å². The zero-order chi connectivity index (χ0) is 23.3. The van der Waals surface area contributed by atoms with Gasteiger partial charge in [-0.15, -0.1) is 0 Å². The van der Waals surface area contributed by atoms with Crippen LogP contribution in [-0.2, 0) is 23.9 Å². The summed E-state index contributed by atoms with van der Waals surface area (Å²) in [6.07, 6.45) is 9.27. The predicted molar refractivity (Wildman–Crippen MR) is 122 cm³/mol. The van der Waals surface area contributed by atoms with Gasteiger partial charge in [-0.2, -0.15) is 0 Å². The Morgan fingerprint density at radius 2 is 1.88 bits per heavy atom. The molecule has 4 aliphatic rings.